The highest BCUT2D eigenvalue weighted by Crippen LogP contribution is 2.24. The molecule has 1 atom stereocenters. The van der Waals surface area contributed by atoms with Crippen molar-refractivity contribution in [3.63, 3.8) is 0 Å². The Morgan fingerprint density at radius 2 is 2.14 bits per heavy atom. The molecule has 0 radical (unpaired) electrons. The van der Waals surface area contributed by atoms with Crippen molar-refractivity contribution in [2.24, 2.45) is 0 Å². The van der Waals surface area contributed by atoms with Gasteiger partial charge < -0.3 is 9.84 Å². The van der Waals surface area contributed by atoms with Crippen molar-refractivity contribution in [2.45, 2.75) is 39.3 Å². The Morgan fingerprint density at radius 3 is 2.82 bits per heavy atom. The van der Waals surface area contributed by atoms with Gasteiger partial charge >= 0.3 is 0 Å². The first-order chi connectivity index (χ1) is 10.6. The highest BCUT2D eigenvalue weighted by Gasteiger charge is 2.31. The van der Waals surface area contributed by atoms with E-state index in [1.807, 2.05) is 44.2 Å². The minimum atomic E-state index is -0.0890. The van der Waals surface area contributed by atoms with E-state index in [4.69, 9.17) is 4.52 Å². The number of likely N-dealkylation sites (tertiary alicyclic amines) is 1. The molecule has 116 valence electrons. The molecule has 5 nitrogen and oxygen atoms in total. The molecule has 0 aliphatic carbocycles. The van der Waals surface area contributed by atoms with Crippen LogP contribution in [-0.2, 0) is 11.3 Å². The van der Waals surface area contributed by atoms with E-state index in [9.17, 15) is 4.79 Å². The molecule has 2 heterocycles. The van der Waals surface area contributed by atoms with Crippen LogP contribution in [0.1, 0.15) is 29.9 Å². The molecular weight excluding hydrogens is 278 g/mol. The van der Waals surface area contributed by atoms with Gasteiger partial charge in [-0.3, -0.25) is 9.69 Å². The van der Waals surface area contributed by atoms with Crippen molar-refractivity contribution < 1.29 is 9.32 Å². The van der Waals surface area contributed by atoms with E-state index >= 15 is 0 Å². The maximum absolute atomic E-state index is 12.5. The monoisotopic (exact) mass is 299 g/mol. The molecule has 1 saturated heterocycles. The van der Waals surface area contributed by atoms with Crippen molar-refractivity contribution in [1.82, 2.24) is 10.1 Å². The van der Waals surface area contributed by atoms with Crippen LogP contribution in [0, 0.1) is 13.8 Å². The number of carbonyl (C=O) groups excluding carboxylic acids is 1. The number of nitrogens with one attached hydrogen (secondary N) is 1. The topological polar surface area (TPSA) is 58.4 Å². The molecule has 0 saturated carbocycles. The quantitative estimate of drug-likeness (QED) is 0.943. The summed E-state index contributed by atoms with van der Waals surface area (Å²) in [4.78, 5) is 14.7. The number of nitrogens with zero attached hydrogens (tertiary/aromatic N) is 2. The number of anilines is 1. The van der Waals surface area contributed by atoms with E-state index in [2.05, 4.69) is 15.4 Å². The molecule has 1 aliphatic rings. The summed E-state index contributed by atoms with van der Waals surface area (Å²) in [6.45, 7) is 5.51. The first kappa shape index (κ1) is 14.8. The number of benzene rings is 1. The molecule has 3 rings (SSSR count). The van der Waals surface area contributed by atoms with Crippen LogP contribution in [0.5, 0.6) is 0 Å². The molecule has 1 amide bonds. The maximum atomic E-state index is 12.5. The normalized spacial score (nSPS) is 18.5. The summed E-state index contributed by atoms with van der Waals surface area (Å²) in [7, 11) is 0. The van der Waals surface area contributed by atoms with Crippen LogP contribution in [0.25, 0.3) is 0 Å². The van der Waals surface area contributed by atoms with Gasteiger partial charge in [0.15, 0.2) is 0 Å². The van der Waals surface area contributed by atoms with Crippen molar-refractivity contribution in [3.8, 4) is 0 Å². The summed E-state index contributed by atoms with van der Waals surface area (Å²) < 4.78 is 5.22. The fourth-order valence-corrected chi connectivity index (χ4v) is 2.99. The van der Waals surface area contributed by atoms with Crippen LogP contribution in [0.3, 0.4) is 0 Å². The largest absolute Gasteiger partial charge is 0.361 e. The molecule has 1 fully saturated rings. The van der Waals surface area contributed by atoms with Crippen molar-refractivity contribution >= 4 is 11.6 Å². The molecule has 22 heavy (non-hydrogen) atoms. The van der Waals surface area contributed by atoms with Gasteiger partial charge in [0.25, 0.3) is 0 Å². The molecule has 1 aromatic carbocycles. The van der Waals surface area contributed by atoms with E-state index in [-0.39, 0.29) is 11.9 Å². The minimum absolute atomic E-state index is 0.0652. The van der Waals surface area contributed by atoms with Crippen LogP contribution in [0.15, 0.2) is 34.9 Å². The zero-order valence-corrected chi connectivity index (χ0v) is 13.0. The summed E-state index contributed by atoms with van der Waals surface area (Å²) >= 11 is 0. The molecule has 2 aromatic rings. The first-order valence-corrected chi connectivity index (χ1v) is 7.67. The second-order valence-electron chi connectivity index (χ2n) is 5.79. The highest BCUT2D eigenvalue weighted by molar-refractivity contribution is 5.94. The summed E-state index contributed by atoms with van der Waals surface area (Å²) in [5.41, 5.74) is 2.85. The predicted molar refractivity (Wildman–Crippen MR) is 84.5 cm³/mol. The third kappa shape index (κ3) is 3.04. The molecule has 1 N–H and O–H groups in total. The van der Waals surface area contributed by atoms with E-state index in [0.717, 1.165) is 42.1 Å². The van der Waals surface area contributed by atoms with Gasteiger partial charge in [-0.2, -0.15) is 0 Å². The van der Waals surface area contributed by atoms with Gasteiger partial charge in [0, 0.05) is 17.8 Å². The molecule has 1 aromatic heterocycles. The van der Waals surface area contributed by atoms with Crippen LogP contribution in [0.4, 0.5) is 5.69 Å². The SMILES string of the molecule is Cc1noc(C)c1CN1CCC[C@H]1C(=O)Nc1ccccc1. The van der Waals surface area contributed by atoms with Crippen LogP contribution in [0.2, 0.25) is 0 Å². The van der Waals surface area contributed by atoms with Gasteiger partial charge in [-0.25, -0.2) is 0 Å². The average Bonchev–Trinajstić information content (AvgIpc) is 3.10. The lowest BCUT2D eigenvalue weighted by Crippen LogP contribution is -2.39. The Morgan fingerprint density at radius 1 is 1.36 bits per heavy atom. The van der Waals surface area contributed by atoms with Crippen molar-refractivity contribution in [3.05, 3.63) is 47.3 Å². The molecule has 5 heteroatoms. The fourth-order valence-electron chi connectivity index (χ4n) is 2.99. The first-order valence-electron chi connectivity index (χ1n) is 7.67. The lowest BCUT2D eigenvalue weighted by atomic mass is 10.1. The minimum Gasteiger partial charge on any atom is -0.361 e. The number of aryl methyl sites for hydroxylation is 2. The number of hydrogen-bond acceptors (Lipinski definition) is 4. The third-order valence-corrected chi connectivity index (χ3v) is 4.25. The predicted octanol–water partition coefficient (Wildman–Crippen LogP) is 2.89. The summed E-state index contributed by atoms with van der Waals surface area (Å²) in [6, 6.07) is 9.51. The lowest BCUT2D eigenvalue weighted by Gasteiger charge is -2.23. The zero-order valence-electron chi connectivity index (χ0n) is 13.0. The van der Waals surface area contributed by atoms with Crippen molar-refractivity contribution in [1.29, 1.82) is 0 Å². The van der Waals surface area contributed by atoms with Gasteiger partial charge in [0.1, 0.15) is 5.76 Å². The average molecular weight is 299 g/mol. The summed E-state index contributed by atoms with van der Waals surface area (Å²) in [5, 5.41) is 7.00. The van der Waals surface area contributed by atoms with Gasteiger partial charge in [0.2, 0.25) is 5.91 Å². The van der Waals surface area contributed by atoms with E-state index in [0.29, 0.717) is 6.54 Å². The Balaban J connectivity index is 1.69. The number of rotatable bonds is 4. The van der Waals surface area contributed by atoms with Crippen LogP contribution >= 0.6 is 0 Å². The smallest absolute Gasteiger partial charge is 0.241 e. The third-order valence-electron chi connectivity index (χ3n) is 4.25. The van der Waals surface area contributed by atoms with Gasteiger partial charge in [-0.15, -0.1) is 0 Å². The second kappa shape index (κ2) is 6.32. The summed E-state index contributed by atoms with van der Waals surface area (Å²) in [6.07, 6.45) is 1.93. The van der Waals surface area contributed by atoms with Crippen LogP contribution < -0.4 is 5.32 Å². The molecule has 0 unspecified atom stereocenters. The van der Waals surface area contributed by atoms with Gasteiger partial charge in [0.05, 0.1) is 11.7 Å². The molecule has 0 bridgehead atoms. The number of hydrogen-bond donors (Lipinski definition) is 1. The molecular formula is C17H21N3O2. The fraction of sp³-hybridized carbons (Fsp3) is 0.412. The Kier molecular flexibility index (Phi) is 4.24. The van der Waals surface area contributed by atoms with E-state index in [1.165, 1.54) is 0 Å². The van der Waals surface area contributed by atoms with Crippen molar-refractivity contribution in [2.75, 3.05) is 11.9 Å². The Labute approximate surface area is 130 Å². The highest BCUT2D eigenvalue weighted by atomic mass is 16.5. The number of aromatic nitrogens is 1. The van der Waals surface area contributed by atoms with Gasteiger partial charge in [-0.05, 0) is 45.4 Å². The second-order valence-corrected chi connectivity index (χ2v) is 5.79. The Hall–Kier alpha value is -2.14. The number of para-hydroxylation sites is 1. The zero-order chi connectivity index (χ0) is 15.5. The summed E-state index contributed by atoms with van der Waals surface area (Å²) in [5.74, 6) is 0.905. The van der Waals surface area contributed by atoms with Gasteiger partial charge in [-0.1, -0.05) is 23.4 Å². The lowest BCUT2D eigenvalue weighted by molar-refractivity contribution is -0.120. The van der Waals surface area contributed by atoms with E-state index in [1.54, 1.807) is 0 Å². The Bertz CT molecular complexity index is 632. The molecule has 0 spiro atoms. The number of carbonyl (C=O) groups is 1. The molecule has 1 aliphatic heterocycles. The standard InChI is InChI=1S/C17H21N3O2/c1-12-15(13(2)22-19-12)11-20-10-6-9-16(20)17(21)18-14-7-4-3-5-8-14/h3-5,7-8,16H,6,9-11H2,1-2H3,(H,18,21)/t16-/m0/s1. The van der Waals surface area contributed by atoms with Crippen LogP contribution in [-0.4, -0.2) is 28.6 Å². The number of amides is 1. The maximum Gasteiger partial charge on any atom is 0.241 e. The van der Waals surface area contributed by atoms with E-state index < -0.39 is 0 Å².